The number of nitrogens with zero attached hydrogens (tertiary/aromatic N) is 1. The van der Waals surface area contributed by atoms with Crippen molar-refractivity contribution in [2.75, 3.05) is 39.3 Å². The molecule has 1 unspecified atom stereocenters. The molecule has 37 heavy (non-hydrogen) atoms. The maximum Gasteiger partial charge on any atom is 0.490 e. The summed E-state index contributed by atoms with van der Waals surface area (Å²) in [6.07, 6.45) is -4.62. The Bertz CT molecular complexity index is 773. The van der Waals surface area contributed by atoms with Gasteiger partial charge in [-0.05, 0) is 57.3 Å². The fourth-order valence-electron chi connectivity index (χ4n) is 3.24. The molecule has 0 radical (unpaired) electrons. The minimum atomic E-state index is -5.08. The van der Waals surface area contributed by atoms with Crippen molar-refractivity contribution >= 4 is 34.8 Å². The summed E-state index contributed by atoms with van der Waals surface area (Å²) in [5, 5.41) is 18.2. The van der Waals surface area contributed by atoms with Crippen LogP contribution in [0.25, 0.3) is 0 Å². The van der Waals surface area contributed by atoms with E-state index < -0.39 is 24.3 Å². The van der Waals surface area contributed by atoms with Crippen LogP contribution in [0.4, 0.5) is 26.3 Å². The van der Waals surface area contributed by atoms with Gasteiger partial charge in [-0.15, -0.1) is 0 Å². The Morgan fingerprint density at radius 3 is 1.92 bits per heavy atom. The number of hydrogen-bond donors (Lipinski definition) is 3. The highest BCUT2D eigenvalue weighted by Crippen LogP contribution is 2.29. The minimum Gasteiger partial charge on any atom is -0.475 e. The largest absolute Gasteiger partial charge is 0.490 e. The molecule has 0 aliphatic carbocycles. The van der Waals surface area contributed by atoms with Crippen LogP contribution < -0.4 is 5.32 Å². The summed E-state index contributed by atoms with van der Waals surface area (Å²) in [6.45, 7) is 8.10. The van der Waals surface area contributed by atoms with Gasteiger partial charge in [0, 0.05) is 18.7 Å². The van der Waals surface area contributed by atoms with Crippen molar-refractivity contribution in [3.05, 3.63) is 11.6 Å². The van der Waals surface area contributed by atoms with E-state index in [1.807, 2.05) is 6.92 Å². The van der Waals surface area contributed by atoms with Gasteiger partial charge in [-0.1, -0.05) is 17.8 Å². The van der Waals surface area contributed by atoms with Crippen LogP contribution in [0.2, 0.25) is 0 Å². The van der Waals surface area contributed by atoms with Crippen LogP contribution in [0.5, 0.6) is 0 Å². The summed E-state index contributed by atoms with van der Waals surface area (Å²) in [5.74, 6) is -5.09. The molecule has 0 aromatic rings. The molecule has 0 spiro atoms. The second-order valence-electron chi connectivity index (χ2n) is 7.83. The van der Waals surface area contributed by atoms with Crippen LogP contribution in [0.15, 0.2) is 11.6 Å². The van der Waals surface area contributed by atoms with Gasteiger partial charge in [-0.2, -0.15) is 26.3 Å². The Balaban J connectivity index is 0.000000761. The molecule has 2 saturated heterocycles. The highest BCUT2D eigenvalue weighted by atomic mass is 32.2. The van der Waals surface area contributed by atoms with Crippen molar-refractivity contribution in [1.29, 1.82) is 0 Å². The Morgan fingerprint density at radius 2 is 1.51 bits per heavy atom. The van der Waals surface area contributed by atoms with Crippen LogP contribution >= 0.6 is 11.8 Å². The number of rotatable bonds is 5. The maximum atomic E-state index is 11.5. The molecule has 2 fully saturated rings. The normalized spacial score (nSPS) is 20.1. The summed E-state index contributed by atoms with van der Waals surface area (Å²) in [6, 6.07) is 0. The number of piperidine rings is 2. The van der Waals surface area contributed by atoms with Gasteiger partial charge in [-0.3, -0.25) is 14.5 Å². The highest BCUT2D eigenvalue weighted by molar-refractivity contribution is 8.14. The van der Waals surface area contributed by atoms with E-state index in [0.29, 0.717) is 24.3 Å². The van der Waals surface area contributed by atoms with Crippen molar-refractivity contribution < 1.29 is 60.5 Å². The van der Waals surface area contributed by atoms with Gasteiger partial charge >= 0.3 is 30.3 Å². The number of carbonyl (C=O) groups is 4. The molecule has 2 heterocycles. The molecule has 0 amide bonds. The number of halogens is 6. The molecule has 214 valence electrons. The smallest absolute Gasteiger partial charge is 0.475 e. The lowest BCUT2D eigenvalue weighted by Gasteiger charge is -2.32. The van der Waals surface area contributed by atoms with Gasteiger partial charge in [-0.25, -0.2) is 9.59 Å². The topological polar surface area (TPSA) is 133 Å². The lowest BCUT2D eigenvalue weighted by molar-refractivity contribution is -0.193. The number of alkyl halides is 6. The molecule has 9 nitrogen and oxygen atoms in total. The summed E-state index contributed by atoms with van der Waals surface area (Å²) >= 11 is 1.47. The number of carbonyl (C=O) groups excluding carboxylic acids is 2. The molecule has 0 bridgehead atoms. The van der Waals surface area contributed by atoms with Gasteiger partial charge in [0.2, 0.25) is 0 Å². The van der Waals surface area contributed by atoms with Crippen molar-refractivity contribution in [2.24, 2.45) is 5.92 Å². The van der Waals surface area contributed by atoms with Gasteiger partial charge in [0.25, 0.3) is 0 Å². The van der Waals surface area contributed by atoms with E-state index in [2.05, 4.69) is 16.3 Å². The van der Waals surface area contributed by atoms with Crippen LogP contribution in [-0.4, -0.2) is 95.1 Å². The van der Waals surface area contributed by atoms with Crippen molar-refractivity contribution in [2.45, 2.75) is 50.7 Å². The molecule has 3 N–H and O–H groups in total. The molecule has 0 aromatic heterocycles. The zero-order chi connectivity index (χ0) is 28.8. The second kappa shape index (κ2) is 16.5. The van der Waals surface area contributed by atoms with E-state index in [-0.39, 0.29) is 11.1 Å². The van der Waals surface area contributed by atoms with E-state index >= 15 is 0 Å². The van der Waals surface area contributed by atoms with Gasteiger partial charge in [0.05, 0.1) is 13.2 Å². The molecular formula is C21H30F6N2O7S. The number of carboxylic acid groups (broad SMARTS) is 2. The Kier molecular flexibility index (Phi) is 15.5. The first-order chi connectivity index (χ1) is 17.0. The standard InChI is InChI=1S/C17H28N2O3S.2C2HF3O2/c1-3-22-17(21)12-19-8-5-14(6-9-19)10-15-11-18-7-4-16(15)23-13(2)20;2*3-2(4,5)1(6)7/h10,14,16,18H,3-9,11-12H2,1-2H3;2*(H,6,7)/b15-10+;;. The summed E-state index contributed by atoms with van der Waals surface area (Å²) in [7, 11) is 0. The average molecular weight is 569 g/mol. The third-order valence-corrected chi connectivity index (χ3v) is 6.01. The molecule has 16 heteroatoms. The number of esters is 1. The molecule has 0 saturated carbocycles. The predicted octanol–water partition coefficient (Wildman–Crippen LogP) is 3.10. The zero-order valence-electron chi connectivity index (χ0n) is 20.2. The van der Waals surface area contributed by atoms with Crippen molar-refractivity contribution in [1.82, 2.24) is 10.2 Å². The van der Waals surface area contributed by atoms with E-state index in [1.54, 1.807) is 6.92 Å². The van der Waals surface area contributed by atoms with Gasteiger partial charge in [0.1, 0.15) is 0 Å². The maximum absolute atomic E-state index is 11.5. The quantitative estimate of drug-likeness (QED) is 0.258. The average Bonchev–Trinajstić information content (AvgIpc) is 2.76. The molecular weight excluding hydrogens is 538 g/mol. The number of hydrogen-bond acceptors (Lipinski definition) is 8. The molecule has 2 rings (SSSR count). The van der Waals surface area contributed by atoms with E-state index in [4.69, 9.17) is 24.5 Å². The fourth-order valence-corrected chi connectivity index (χ4v) is 4.19. The Hall–Kier alpha value is -2.33. The minimum absolute atomic E-state index is 0.126. The SMILES string of the molecule is CCOC(=O)CN1CCC(/C=C2\CNCCC2SC(C)=O)CC1.O=C(O)C(F)(F)F.O=C(O)C(F)(F)F. The molecule has 0 aromatic carbocycles. The second-order valence-corrected chi connectivity index (χ2v) is 9.21. The Labute approximate surface area is 213 Å². The van der Waals surface area contributed by atoms with Crippen molar-refractivity contribution in [3.63, 3.8) is 0 Å². The van der Waals surface area contributed by atoms with Gasteiger partial charge < -0.3 is 20.3 Å². The molecule has 2 aliphatic heterocycles. The Morgan fingerprint density at radius 1 is 1.03 bits per heavy atom. The molecule has 1 atom stereocenters. The zero-order valence-corrected chi connectivity index (χ0v) is 21.0. The summed E-state index contributed by atoms with van der Waals surface area (Å²) < 4.78 is 68.5. The predicted molar refractivity (Wildman–Crippen MR) is 121 cm³/mol. The number of ether oxygens (including phenoxy) is 1. The van der Waals surface area contributed by atoms with E-state index in [9.17, 15) is 35.9 Å². The first-order valence-corrected chi connectivity index (χ1v) is 11.9. The summed E-state index contributed by atoms with van der Waals surface area (Å²) in [4.78, 5) is 42.9. The number of nitrogens with one attached hydrogen (secondary N) is 1. The first-order valence-electron chi connectivity index (χ1n) is 11.0. The van der Waals surface area contributed by atoms with Crippen LogP contribution in [0.3, 0.4) is 0 Å². The first kappa shape index (κ1) is 34.7. The third-order valence-electron chi connectivity index (χ3n) is 4.86. The molecule has 2 aliphatic rings. The van der Waals surface area contributed by atoms with Gasteiger partial charge in [0.15, 0.2) is 5.12 Å². The van der Waals surface area contributed by atoms with E-state index in [0.717, 1.165) is 45.4 Å². The fraction of sp³-hybridized carbons (Fsp3) is 0.714. The summed E-state index contributed by atoms with van der Waals surface area (Å²) in [5.41, 5.74) is 1.38. The number of thioether (sulfide) groups is 1. The lowest BCUT2D eigenvalue weighted by atomic mass is 9.92. The van der Waals surface area contributed by atoms with Crippen LogP contribution in [0, 0.1) is 5.92 Å². The van der Waals surface area contributed by atoms with Crippen molar-refractivity contribution in [3.8, 4) is 0 Å². The van der Waals surface area contributed by atoms with E-state index in [1.165, 1.54) is 17.3 Å². The monoisotopic (exact) mass is 568 g/mol. The highest BCUT2D eigenvalue weighted by Gasteiger charge is 2.38. The number of likely N-dealkylation sites (tertiary alicyclic amines) is 1. The lowest BCUT2D eigenvalue weighted by Crippen LogP contribution is -2.38. The van der Waals surface area contributed by atoms with Crippen LogP contribution in [-0.2, 0) is 23.9 Å². The number of allylic oxidation sites excluding steroid dienone is 1. The number of aliphatic carboxylic acids is 2. The third kappa shape index (κ3) is 16.2. The number of carboxylic acids is 2. The van der Waals surface area contributed by atoms with Crippen LogP contribution in [0.1, 0.15) is 33.1 Å².